The molecule has 2 aromatic carbocycles. The van der Waals surface area contributed by atoms with Crippen molar-refractivity contribution in [3.63, 3.8) is 0 Å². The van der Waals surface area contributed by atoms with E-state index < -0.39 is 6.03 Å². The van der Waals surface area contributed by atoms with Gasteiger partial charge in [0.2, 0.25) is 5.91 Å². The summed E-state index contributed by atoms with van der Waals surface area (Å²) in [5.74, 6) is 0.346. The van der Waals surface area contributed by atoms with Gasteiger partial charge in [-0.05, 0) is 36.8 Å². The predicted molar refractivity (Wildman–Crippen MR) is 124 cm³/mol. The van der Waals surface area contributed by atoms with Gasteiger partial charge in [-0.2, -0.15) is 0 Å². The summed E-state index contributed by atoms with van der Waals surface area (Å²) in [6.07, 6.45) is 0. The second kappa shape index (κ2) is 12.2. The zero-order valence-corrected chi connectivity index (χ0v) is 18.8. The van der Waals surface area contributed by atoms with Crippen LogP contribution in [-0.2, 0) is 16.1 Å². The quantitative estimate of drug-likeness (QED) is 0.624. The number of methoxy groups -OCH3 is 1. The Labute approximate surface area is 189 Å². The fourth-order valence-corrected chi connectivity index (χ4v) is 3.65. The minimum atomic E-state index is -0.555. The van der Waals surface area contributed by atoms with Crippen LogP contribution in [0.3, 0.4) is 0 Å². The van der Waals surface area contributed by atoms with Crippen molar-refractivity contribution in [3.05, 3.63) is 60.2 Å². The lowest BCUT2D eigenvalue weighted by atomic mass is 10.1. The van der Waals surface area contributed by atoms with Crippen molar-refractivity contribution >= 4 is 17.6 Å². The number of nitrogens with one attached hydrogen (secondary N) is 2. The largest absolute Gasteiger partial charge is 0.497 e. The van der Waals surface area contributed by atoms with Gasteiger partial charge in [-0.15, -0.1) is 0 Å². The third kappa shape index (κ3) is 7.64. The Morgan fingerprint density at radius 1 is 1.09 bits per heavy atom. The fourth-order valence-electron chi connectivity index (χ4n) is 3.65. The first-order valence-corrected chi connectivity index (χ1v) is 10.9. The van der Waals surface area contributed by atoms with Crippen LogP contribution in [-0.4, -0.2) is 74.3 Å². The van der Waals surface area contributed by atoms with E-state index in [1.54, 1.807) is 31.4 Å². The maximum Gasteiger partial charge on any atom is 0.325 e. The van der Waals surface area contributed by atoms with Gasteiger partial charge in [-0.1, -0.05) is 30.3 Å². The molecule has 2 aromatic rings. The van der Waals surface area contributed by atoms with Crippen molar-refractivity contribution in [1.82, 2.24) is 15.1 Å². The van der Waals surface area contributed by atoms with Gasteiger partial charge in [0.05, 0.1) is 26.9 Å². The van der Waals surface area contributed by atoms with Crippen molar-refractivity contribution < 1.29 is 19.1 Å². The average Bonchev–Trinajstić information content (AvgIpc) is 2.80. The number of rotatable bonds is 9. The van der Waals surface area contributed by atoms with Gasteiger partial charge in [-0.3, -0.25) is 19.9 Å². The molecule has 0 radical (unpaired) electrons. The summed E-state index contributed by atoms with van der Waals surface area (Å²) in [4.78, 5) is 29.4. The van der Waals surface area contributed by atoms with E-state index in [0.29, 0.717) is 18.0 Å². The third-order valence-corrected chi connectivity index (χ3v) is 5.43. The molecule has 0 aromatic heterocycles. The summed E-state index contributed by atoms with van der Waals surface area (Å²) >= 11 is 0. The predicted octanol–water partition coefficient (Wildman–Crippen LogP) is 2.57. The SMILES string of the molecule is COc1ccc(NC(=O)NC(=O)CN(Cc2ccccc2)C(C)CN2CCOCC2)cc1. The molecule has 1 heterocycles. The molecule has 1 fully saturated rings. The molecule has 1 aliphatic rings. The van der Waals surface area contributed by atoms with Crippen molar-refractivity contribution in [2.24, 2.45) is 0 Å². The summed E-state index contributed by atoms with van der Waals surface area (Å²) in [6, 6.07) is 16.5. The summed E-state index contributed by atoms with van der Waals surface area (Å²) < 4.78 is 10.5. The van der Waals surface area contributed by atoms with Crippen molar-refractivity contribution in [2.75, 3.05) is 51.8 Å². The molecule has 8 nitrogen and oxygen atoms in total. The van der Waals surface area contributed by atoms with E-state index in [1.165, 1.54) is 0 Å². The molecule has 3 amide bonds. The van der Waals surface area contributed by atoms with Crippen molar-refractivity contribution in [2.45, 2.75) is 19.5 Å². The van der Waals surface area contributed by atoms with Crippen LogP contribution in [0.2, 0.25) is 0 Å². The van der Waals surface area contributed by atoms with E-state index in [2.05, 4.69) is 27.4 Å². The Morgan fingerprint density at radius 2 is 1.78 bits per heavy atom. The molecule has 0 spiro atoms. The van der Waals surface area contributed by atoms with Gasteiger partial charge < -0.3 is 14.8 Å². The van der Waals surface area contributed by atoms with Crippen LogP contribution in [0, 0.1) is 0 Å². The first kappa shape index (κ1) is 23.7. The monoisotopic (exact) mass is 440 g/mol. The number of hydrogen-bond acceptors (Lipinski definition) is 6. The number of morpholine rings is 1. The number of anilines is 1. The van der Waals surface area contributed by atoms with E-state index >= 15 is 0 Å². The topological polar surface area (TPSA) is 83.1 Å². The second-order valence-electron chi connectivity index (χ2n) is 7.88. The van der Waals surface area contributed by atoms with Gasteiger partial charge >= 0.3 is 6.03 Å². The molecular formula is C24H32N4O4. The Bertz CT molecular complexity index is 854. The number of imide groups is 1. The van der Waals surface area contributed by atoms with Gasteiger partial charge in [0, 0.05) is 37.9 Å². The van der Waals surface area contributed by atoms with Crippen LogP contribution < -0.4 is 15.4 Å². The first-order valence-electron chi connectivity index (χ1n) is 10.9. The average molecular weight is 441 g/mol. The molecular weight excluding hydrogens is 408 g/mol. The molecule has 3 rings (SSSR count). The van der Waals surface area contributed by atoms with Crippen LogP contribution in [0.4, 0.5) is 10.5 Å². The minimum Gasteiger partial charge on any atom is -0.497 e. The summed E-state index contributed by atoms with van der Waals surface area (Å²) in [5, 5.41) is 5.11. The number of carbonyl (C=O) groups excluding carboxylic acids is 2. The van der Waals surface area contributed by atoms with Crippen molar-refractivity contribution in [3.8, 4) is 5.75 Å². The highest BCUT2D eigenvalue weighted by molar-refractivity contribution is 6.01. The van der Waals surface area contributed by atoms with E-state index in [0.717, 1.165) is 38.4 Å². The molecule has 8 heteroatoms. The Kier molecular flexibility index (Phi) is 9.03. The fraction of sp³-hybridized carbons (Fsp3) is 0.417. The van der Waals surface area contributed by atoms with E-state index in [4.69, 9.17) is 9.47 Å². The van der Waals surface area contributed by atoms with Gasteiger partial charge in [0.25, 0.3) is 0 Å². The minimum absolute atomic E-state index is 0.121. The van der Waals surface area contributed by atoms with Gasteiger partial charge in [-0.25, -0.2) is 4.79 Å². The lowest BCUT2D eigenvalue weighted by Crippen LogP contribution is -2.49. The van der Waals surface area contributed by atoms with E-state index in [1.807, 2.05) is 30.3 Å². The number of carbonyl (C=O) groups is 2. The van der Waals surface area contributed by atoms with E-state index in [9.17, 15) is 9.59 Å². The zero-order valence-electron chi connectivity index (χ0n) is 18.8. The summed E-state index contributed by atoms with van der Waals surface area (Å²) in [6.45, 7) is 6.94. The highest BCUT2D eigenvalue weighted by atomic mass is 16.5. The maximum absolute atomic E-state index is 12.7. The molecule has 172 valence electrons. The van der Waals surface area contributed by atoms with E-state index in [-0.39, 0.29) is 18.5 Å². The van der Waals surface area contributed by atoms with Crippen LogP contribution in [0.25, 0.3) is 0 Å². The number of urea groups is 1. The maximum atomic E-state index is 12.7. The van der Waals surface area contributed by atoms with Crippen LogP contribution in [0.1, 0.15) is 12.5 Å². The third-order valence-electron chi connectivity index (χ3n) is 5.43. The number of amides is 3. The number of benzene rings is 2. The number of ether oxygens (including phenoxy) is 2. The highest BCUT2D eigenvalue weighted by Gasteiger charge is 2.22. The Hall–Kier alpha value is -2.94. The summed E-state index contributed by atoms with van der Waals surface area (Å²) in [5.41, 5.74) is 1.70. The molecule has 1 saturated heterocycles. The molecule has 32 heavy (non-hydrogen) atoms. The van der Waals surface area contributed by atoms with Gasteiger partial charge in [0.15, 0.2) is 0 Å². The summed E-state index contributed by atoms with van der Waals surface area (Å²) in [7, 11) is 1.58. The van der Waals surface area contributed by atoms with Crippen LogP contribution >= 0.6 is 0 Å². The standard InChI is InChI=1S/C24H32N4O4/c1-19(16-27-12-14-32-15-13-27)28(17-20-6-4-3-5-7-20)18-23(29)26-24(30)25-21-8-10-22(31-2)11-9-21/h3-11,19H,12-18H2,1-2H3,(H2,25,26,29,30). The normalized spacial score (nSPS) is 15.2. The molecule has 1 unspecified atom stereocenters. The van der Waals surface area contributed by atoms with Crippen molar-refractivity contribution in [1.29, 1.82) is 0 Å². The number of hydrogen-bond donors (Lipinski definition) is 2. The van der Waals surface area contributed by atoms with Crippen LogP contribution in [0.5, 0.6) is 5.75 Å². The Morgan fingerprint density at radius 3 is 2.44 bits per heavy atom. The molecule has 1 atom stereocenters. The lowest BCUT2D eigenvalue weighted by molar-refractivity contribution is -0.121. The van der Waals surface area contributed by atoms with Crippen LogP contribution in [0.15, 0.2) is 54.6 Å². The smallest absolute Gasteiger partial charge is 0.325 e. The lowest BCUT2D eigenvalue weighted by Gasteiger charge is -2.34. The first-order chi connectivity index (χ1) is 15.5. The second-order valence-corrected chi connectivity index (χ2v) is 7.88. The molecule has 1 aliphatic heterocycles. The highest BCUT2D eigenvalue weighted by Crippen LogP contribution is 2.15. The molecule has 2 N–H and O–H groups in total. The molecule has 0 aliphatic carbocycles. The van der Waals surface area contributed by atoms with Gasteiger partial charge in [0.1, 0.15) is 5.75 Å². The zero-order chi connectivity index (χ0) is 22.8. The molecule has 0 saturated carbocycles. The number of nitrogens with zero attached hydrogens (tertiary/aromatic N) is 2. The molecule has 0 bridgehead atoms. The Balaban J connectivity index is 1.57.